The maximum absolute atomic E-state index is 12.3. The van der Waals surface area contributed by atoms with E-state index >= 15 is 0 Å². The number of hydrogen-bond donors (Lipinski definition) is 1. The Hall–Kier alpha value is -2.40. The van der Waals surface area contributed by atoms with Crippen LogP contribution in [0.15, 0.2) is 45.7 Å². The number of ether oxygens (including phenoxy) is 1. The van der Waals surface area contributed by atoms with Crippen LogP contribution in [0.5, 0.6) is 0 Å². The van der Waals surface area contributed by atoms with Gasteiger partial charge in [-0.05, 0) is 25.0 Å². The molecule has 0 spiro atoms. The Bertz CT molecular complexity index is 965. The minimum atomic E-state index is -0.458. The van der Waals surface area contributed by atoms with E-state index in [0.717, 1.165) is 30.2 Å². The zero-order valence-corrected chi connectivity index (χ0v) is 12.0. The summed E-state index contributed by atoms with van der Waals surface area (Å²) in [7, 11) is 0. The molecule has 1 atom stereocenters. The van der Waals surface area contributed by atoms with Gasteiger partial charge in [-0.25, -0.2) is 4.79 Å². The predicted molar refractivity (Wildman–Crippen MR) is 82.8 cm³/mol. The summed E-state index contributed by atoms with van der Waals surface area (Å²) in [5.74, 6) is 0. The number of nitrogens with zero attached hydrogens (tertiary/aromatic N) is 1. The molecule has 0 radical (unpaired) electrons. The summed E-state index contributed by atoms with van der Waals surface area (Å²) in [5, 5.41) is 10.3. The van der Waals surface area contributed by atoms with Gasteiger partial charge >= 0.3 is 5.63 Å². The SMILES string of the molecule is N=c1c2c(=O)oc3ccccc3c2ccn1CC1CCCO1. The summed E-state index contributed by atoms with van der Waals surface area (Å²) in [6.07, 6.45) is 4.03. The first-order valence-corrected chi connectivity index (χ1v) is 7.45. The summed E-state index contributed by atoms with van der Waals surface area (Å²) in [6.45, 7) is 1.37. The van der Waals surface area contributed by atoms with Crippen LogP contribution in [-0.4, -0.2) is 17.3 Å². The lowest BCUT2D eigenvalue weighted by Gasteiger charge is -2.13. The molecule has 4 rings (SSSR count). The zero-order chi connectivity index (χ0) is 15.1. The van der Waals surface area contributed by atoms with Crippen molar-refractivity contribution < 1.29 is 9.15 Å². The molecule has 22 heavy (non-hydrogen) atoms. The largest absolute Gasteiger partial charge is 0.422 e. The summed E-state index contributed by atoms with van der Waals surface area (Å²) < 4.78 is 12.7. The lowest BCUT2D eigenvalue weighted by Crippen LogP contribution is -2.28. The first-order chi connectivity index (χ1) is 10.7. The molecule has 1 fully saturated rings. The third kappa shape index (κ3) is 2.05. The van der Waals surface area contributed by atoms with E-state index in [9.17, 15) is 4.79 Å². The molecule has 1 saturated heterocycles. The zero-order valence-electron chi connectivity index (χ0n) is 12.0. The van der Waals surface area contributed by atoms with Crippen LogP contribution >= 0.6 is 0 Å². The summed E-state index contributed by atoms with van der Waals surface area (Å²) >= 11 is 0. The Morgan fingerprint density at radius 1 is 1.23 bits per heavy atom. The second-order valence-corrected chi connectivity index (χ2v) is 5.63. The van der Waals surface area contributed by atoms with Gasteiger partial charge in [0.05, 0.1) is 12.6 Å². The van der Waals surface area contributed by atoms with E-state index in [1.807, 2.05) is 30.5 Å². The van der Waals surface area contributed by atoms with Crippen molar-refractivity contribution in [3.05, 3.63) is 52.4 Å². The Morgan fingerprint density at radius 2 is 2.09 bits per heavy atom. The molecule has 0 bridgehead atoms. The van der Waals surface area contributed by atoms with Gasteiger partial charge in [-0.3, -0.25) is 5.41 Å². The van der Waals surface area contributed by atoms with Crippen molar-refractivity contribution in [3.63, 3.8) is 0 Å². The molecule has 1 N–H and O–H groups in total. The second-order valence-electron chi connectivity index (χ2n) is 5.63. The van der Waals surface area contributed by atoms with Crippen molar-refractivity contribution in [1.29, 1.82) is 5.41 Å². The van der Waals surface area contributed by atoms with Gasteiger partial charge in [0, 0.05) is 23.6 Å². The van der Waals surface area contributed by atoms with Gasteiger partial charge in [-0.2, -0.15) is 0 Å². The van der Waals surface area contributed by atoms with E-state index < -0.39 is 5.63 Å². The number of hydrogen-bond acceptors (Lipinski definition) is 4. The van der Waals surface area contributed by atoms with Gasteiger partial charge in [-0.15, -0.1) is 0 Å². The average Bonchev–Trinajstić information content (AvgIpc) is 3.02. The van der Waals surface area contributed by atoms with Crippen molar-refractivity contribution in [1.82, 2.24) is 4.57 Å². The van der Waals surface area contributed by atoms with Crippen LogP contribution in [0.3, 0.4) is 0 Å². The first kappa shape index (κ1) is 13.3. The fourth-order valence-electron chi connectivity index (χ4n) is 3.11. The van der Waals surface area contributed by atoms with E-state index in [2.05, 4.69) is 0 Å². The third-order valence-electron chi connectivity index (χ3n) is 4.22. The van der Waals surface area contributed by atoms with Crippen molar-refractivity contribution in [2.45, 2.75) is 25.5 Å². The highest BCUT2D eigenvalue weighted by molar-refractivity contribution is 6.03. The van der Waals surface area contributed by atoms with Gasteiger partial charge in [0.25, 0.3) is 0 Å². The number of fused-ring (bicyclic) bond motifs is 3. The van der Waals surface area contributed by atoms with Gasteiger partial charge in [0.1, 0.15) is 16.5 Å². The Balaban J connectivity index is 1.95. The average molecular weight is 296 g/mol. The molecule has 0 amide bonds. The van der Waals surface area contributed by atoms with Crippen LogP contribution in [0.1, 0.15) is 12.8 Å². The number of aromatic nitrogens is 1. The molecule has 0 aliphatic carbocycles. The fraction of sp³-hybridized carbons (Fsp3) is 0.294. The van der Waals surface area contributed by atoms with E-state index in [1.54, 1.807) is 10.6 Å². The van der Waals surface area contributed by atoms with Crippen molar-refractivity contribution in [2.75, 3.05) is 6.61 Å². The van der Waals surface area contributed by atoms with Crippen molar-refractivity contribution >= 4 is 21.7 Å². The van der Waals surface area contributed by atoms with Crippen molar-refractivity contribution in [2.24, 2.45) is 0 Å². The molecule has 1 aliphatic heterocycles. The minimum absolute atomic E-state index is 0.124. The number of rotatable bonds is 2. The highest BCUT2D eigenvalue weighted by atomic mass is 16.5. The third-order valence-corrected chi connectivity index (χ3v) is 4.22. The number of nitrogens with one attached hydrogen (secondary N) is 1. The van der Waals surface area contributed by atoms with Crippen LogP contribution in [0, 0.1) is 5.41 Å². The molecule has 0 saturated carbocycles. The van der Waals surface area contributed by atoms with Gasteiger partial charge in [0.2, 0.25) is 0 Å². The molecule has 5 heteroatoms. The van der Waals surface area contributed by atoms with Gasteiger partial charge in [0.15, 0.2) is 0 Å². The standard InChI is InChI=1S/C17H16N2O3/c18-16-15-13(7-8-19(16)10-11-4-3-9-21-11)12-5-1-2-6-14(12)22-17(15)20/h1-2,5-8,11,18H,3-4,9-10H2. The molecule has 5 nitrogen and oxygen atoms in total. The van der Waals surface area contributed by atoms with Crippen LogP contribution in [0.4, 0.5) is 0 Å². The lowest BCUT2D eigenvalue weighted by atomic mass is 10.1. The van der Waals surface area contributed by atoms with E-state index in [4.69, 9.17) is 14.6 Å². The number of pyridine rings is 1. The van der Waals surface area contributed by atoms with Crippen LogP contribution in [0.2, 0.25) is 0 Å². The van der Waals surface area contributed by atoms with Gasteiger partial charge in [-0.1, -0.05) is 18.2 Å². The van der Waals surface area contributed by atoms with Gasteiger partial charge < -0.3 is 13.7 Å². The second kappa shape index (κ2) is 5.10. The number of para-hydroxylation sites is 1. The quantitative estimate of drug-likeness (QED) is 0.583. The molecule has 1 aromatic carbocycles. The van der Waals surface area contributed by atoms with Crippen LogP contribution in [-0.2, 0) is 11.3 Å². The molecular formula is C17H16N2O3. The highest BCUT2D eigenvalue weighted by Crippen LogP contribution is 2.20. The molecule has 1 unspecified atom stereocenters. The van der Waals surface area contributed by atoms with E-state index in [0.29, 0.717) is 17.5 Å². The molecule has 3 heterocycles. The van der Waals surface area contributed by atoms with E-state index in [1.165, 1.54) is 0 Å². The Labute approximate surface area is 126 Å². The Kier molecular flexibility index (Phi) is 3.08. The lowest BCUT2D eigenvalue weighted by molar-refractivity contribution is 0.0959. The minimum Gasteiger partial charge on any atom is -0.422 e. The molecule has 3 aromatic rings. The monoisotopic (exact) mass is 296 g/mol. The topological polar surface area (TPSA) is 68.2 Å². The molecule has 112 valence electrons. The number of benzene rings is 1. The summed E-state index contributed by atoms with van der Waals surface area (Å²) in [4.78, 5) is 12.3. The first-order valence-electron chi connectivity index (χ1n) is 7.45. The maximum Gasteiger partial charge on any atom is 0.347 e. The summed E-state index contributed by atoms with van der Waals surface area (Å²) in [5.41, 5.74) is 0.282. The van der Waals surface area contributed by atoms with Crippen LogP contribution in [0.25, 0.3) is 21.7 Å². The molecule has 1 aliphatic rings. The molecule has 2 aromatic heterocycles. The van der Waals surface area contributed by atoms with E-state index in [-0.39, 0.29) is 11.6 Å². The molecular weight excluding hydrogens is 280 g/mol. The Morgan fingerprint density at radius 3 is 2.91 bits per heavy atom. The smallest absolute Gasteiger partial charge is 0.347 e. The maximum atomic E-state index is 12.3. The van der Waals surface area contributed by atoms with Crippen molar-refractivity contribution in [3.8, 4) is 0 Å². The fourth-order valence-corrected chi connectivity index (χ4v) is 3.11. The normalized spacial score (nSPS) is 18.3. The predicted octanol–water partition coefficient (Wildman–Crippen LogP) is 2.41. The van der Waals surface area contributed by atoms with Crippen LogP contribution < -0.4 is 11.1 Å². The summed E-state index contributed by atoms with van der Waals surface area (Å²) in [6, 6.07) is 9.30. The highest BCUT2D eigenvalue weighted by Gasteiger charge is 2.17.